The lowest BCUT2D eigenvalue weighted by Gasteiger charge is -2.26. The molecule has 0 fully saturated rings. The van der Waals surface area contributed by atoms with E-state index in [1.54, 1.807) is 0 Å². The summed E-state index contributed by atoms with van der Waals surface area (Å²) in [6, 6.07) is 34.0. The zero-order valence-corrected chi connectivity index (χ0v) is 28.5. The molecule has 0 heterocycles. The van der Waals surface area contributed by atoms with Crippen molar-refractivity contribution in [3.8, 4) is 11.1 Å². The number of allylic oxidation sites excluding steroid dienone is 14. The first-order chi connectivity index (χ1) is 24.0. The van der Waals surface area contributed by atoms with Gasteiger partial charge in [-0.2, -0.15) is 0 Å². The highest BCUT2D eigenvalue weighted by atomic mass is 14.3. The van der Waals surface area contributed by atoms with E-state index in [-0.39, 0.29) is 5.41 Å². The van der Waals surface area contributed by atoms with Gasteiger partial charge in [-0.3, -0.25) is 0 Å². The van der Waals surface area contributed by atoms with Crippen molar-refractivity contribution in [2.75, 3.05) is 0 Å². The Kier molecular flexibility index (Phi) is 8.10. The zero-order chi connectivity index (χ0) is 33.4. The van der Waals surface area contributed by atoms with Crippen LogP contribution in [0.15, 0.2) is 170 Å². The van der Waals surface area contributed by atoms with Gasteiger partial charge in [0.2, 0.25) is 0 Å². The van der Waals surface area contributed by atoms with Crippen LogP contribution in [0.5, 0.6) is 0 Å². The lowest BCUT2D eigenvalue weighted by molar-refractivity contribution is 0.605. The van der Waals surface area contributed by atoms with Crippen LogP contribution >= 0.6 is 0 Å². The predicted molar refractivity (Wildman–Crippen MR) is 213 cm³/mol. The molecule has 0 amide bonds. The first kappa shape index (κ1) is 30.8. The molecule has 0 aliphatic heterocycles. The maximum Gasteiger partial charge on any atom is 0.0141 e. The quantitative estimate of drug-likeness (QED) is 0.173. The Morgan fingerprint density at radius 1 is 0.673 bits per heavy atom. The summed E-state index contributed by atoms with van der Waals surface area (Å²) in [7, 11) is 0. The average Bonchev–Trinajstić information content (AvgIpc) is 3.34. The summed E-state index contributed by atoms with van der Waals surface area (Å²) in [6.45, 7) is 8.81. The van der Waals surface area contributed by atoms with Gasteiger partial charge in [0.15, 0.2) is 0 Å². The van der Waals surface area contributed by atoms with Gasteiger partial charge in [-0.1, -0.05) is 184 Å². The van der Waals surface area contributed by atoms with Gasteiger partial charge in [0.05, 0.1) is 0 Å². The van der Waals surface area contributed by atoms with E-state index in [2.05, 4.69) is 184 Å². The topological polar surface area (TPSA) is 0 Å². The second-order valence-electron chi connectivity index (χ2n) is 14.1. The third kappa shape index (κ3) is 5.83. The van der Waals surface area contributed by atoms with Crippen LogP contribution in [0.2, 0.25) is 0 Å². The highest BCUT2D eigenvalue weighted by Gasteiger charge is 2.24. The number of benzene rings is 5. The fraction of sp³-hybridized carbons (Fsp3) is 0.143. The van der Waals surface area contributed by atoms with Gasteiger partial charge < -0.3 is 0 Å². The summed E-state index contributed by atoms with van der Waals surface area (Å²) < 4.78 is 0. The Bertz CT molecular complexity index is 2270. The van der Waals surface area contributed by atoms with Gasteiger partial charge in [-0.15, -0.1) is 0 Å². The van der Waals surface area contributed by atoms with E-state index in [0.717, 1.165) is 24.8 Å². The molecule has 0 N–H and O–H groups in total. The lowest BCUT2D eigenvalue weighted by atomic mass is 9.78. The minimum absolute atomic E-state index is 0.113. The normalized spacial score (nSPS) is 22.3. The molecular weight excluding hydrogens is 589 g/mol. The van der Waals surface area contributed by atoms with E-state index in [4.69, 9.17) is 0 Å². The van der Waals surface area contributed by atoms with Crippen molar-refractivity contribution in [3.63, 3.8) is 0 Å². The van der Waals surface area contributed by atoms with Gasteiger partial charge in [0.1, 0.15) is 0 Å². The molecule has 2 unspecified atom stereocenters. The van der Waals surface area contributed by atoms with Crippen LogP contribution in [-0.4, -0.2) is 0 Å². The van der Waals surface area contributed by atoms with Crippen LogP contribution < -0.4 is 0 Å². The fourth-order valence-electron chi connectivity index (χ4n) is 7.91. The predicted octanol–water partition coefficient (Wildman–Crippen LogP) is 13.2. The van der Waals surface area contributed by atoms with Crippen LogP contribution in [0.4, 0.5) is 0 Å². The Balaban J connectivity index is 1.24. The Labute approximate surface area is 291 Å². The van der Waals surface area contributed by atoms with E-state index in [1.807, 2.05) is 0 Å². The minimum atomic E-state index is -0.113. The molecule has 0 bridgehead atoms. The van der Waals surface area contributed by atoms with Crippen molar-refractivity contribution in [1.82, 2.24) is 0 Å². The van der Waals surface area contributed by atoms with E-state index < -0.39 is 0 Å². The smallest absolute Gasteiger partial charge is 0.0141 e. The molecule has 0 aromatic heterocycles. The van der Waals surface area contributed by atoms with Crippen LogP contribution in [0.25, 0.3) is 49.9 Å². The molecule has 8 rings (SSSR count). The van der Waals surface area contributed by atoms with Crippen molar-refractivity contribution in [2.24, 2.45) is 5.92 Å². The first-order valence-electron chi connectivity index (χ1n) is 17.6. The summed E-state index contributed by atoms with van der Waals surface area (Å²) in [5, 5.41) is 5.18. The molecule has 0 saturated heterocycles. The van der Waals surface area contributed by atoms with E-state index in [9.17, 15) is 0 Å². The van der Waals surface area contributed by atoms with Crippen molar-refractivity contribution >= 4 is 38.8 Å². The molecule has 49 heavy (non-hydrogen) atoms. The maximum atomic E-state index is 4.19. The van der Waals surface area contributed by atoms with Crippen LogP contribution in [-0.2, 0) is 11.8 Å². The number of fused-ring (bicyclic) bond motifs is 3. The summed E-state index contributed by atoms with van der Waals surface area (Å²) in [5.41, 5.74) is 12.8. The minimum Gasteiger partial charge on any atom is -0.0918 e. The number of hydrogen-bond donors (Lipinski definition) is 0. The first-order valence-corrected chi connectivity index (χ1v) is 17.6. The number of hydrogen-bond acceptors (Lipinski definition) is 0. The van der Waals surface area contributed by atoms with Crippen LogP contribution in [0.1, 0.15) is 54.5 Å². The number of rotatable bonds is 4. The van der Waals surface area contributed by atoms with E-state index in [1.165, 1.54) is 71.6 Å². The molecule has 0 nitrogen and oxygen atoms in total. The lowest BCUT2D eigenvalue weighted by Crippen LogP contribution is -2.18. The standard InChI is InChI=1S/C49H42/c1-34-13-5-4-10-31-49(3,32-30-34)40-27-25-38(26-28-40)48-45-19-8-6-17-43(45)47(44-18-7-9-20-46(44)48)37-15-11-14-36(23-24-37)41-21-12-16-39-33-35(2)22-29-42(39)41/h4-14,16-30,32,35H,1,15,31,33H2,2-3H3/b10-4-,13-5-,32-30-. The molecule has 3 aliphatic rings. The second kappa shape index (κ2) is 12.9. The van der Waals surface area contributed by atoms with Crippen molar-refractivity contribution in [3.05, 3.63) is 198 Å². The SMILES string of the molecule is C=C1/C=C\C=C/CC(C)(c2ccc(-c3c4ccccc4c(C4=CC=C(c5cccc6c5C=CC(C)C6)C=CC4)c4ccccc34)cc2)/C=C\1. The second-order valence-corrected chi connectivity index (χ2v) is 14.1. The van der Waals surface area contributed by atoms with Crippen molar-refractivity contribution in [2.45, 2.75) is 38.5 Å². The molecule has 5 aromatic rings. The molecule has 0 heteroatoms. The van der Waals surface area contributed by atoms with Crippen LogP contribution in [0, 0.1) is 5.92 Å². The van der Waals surface area contributed by atoms with E-state index in [0.29, 0.717) is 5.92 Å². The van der Waals surface area contributed by atoms with Crippen molar-refractivity contribution < 1.29 is 0 Å². The Hall–Kier alpha value is -5.46. The zero-order valence-electron chi connectivity index (χ0n) is 28.5. The Morgan fingerprint density at radius 2 is 1.39 bits per heavy atom. The van der Waals surface area contributed by atoms with Gasteiger partial charge in [0.25, 0.3) is 0 Å². The largest absolute Gasteiger partial charge is 0.0918 e. The summed E-state index contributed by atoms with van der Waals surface area (Å²) in [5.74, 6) is 0.586. The molecule has 0 spiro atoms. The van der Waals surface area contributed by atoms with Gasteiger partial charge >= 0.3 is 0 Å². The highest BCUT2D eigenvalue weighted by molar-refractivity contribution is 6.19. The molecular formula is C49H42. The monoisotopic (exact) mass is 630 g/mol. The third-order valence-electron chi connectivity index (χ3n) is 10.6. The van der Waals surface area contributed by atoms with Gasteiger partial charge in [0, 0.05) is 5.41 Å². The van der Waals surface area contributed by atoms with Crippen molar-refractivity contribution in [1.29, 1.82) is 0 Å². The third-order valence-corrected chi connectivity index (χ3v) is 10.6. The molecule has 2 atom stereocenters. The average molecular weight is 631 g/mol. The van der Waals surface area contributed by atoms with Gasteiger partial charge in [-0.25, -0.2) is 0 Å². The molecule has 3 aliphatic carbocycles. The fourth-order valence-corrected chi connectivity index (χ4v) is 7.91. The summed E-state index contributed by atoms with van der Waals surface area (Å²) in [6.07, 6.45) is 30.0. The molecule has 5 aromatic carbocycles. The summed E-state index contributed by atoms with van der Waals surface area (Å²) >= 11 is 0. The summed E-state index contributed by atoms with van der Waals surface area (Å²) in [4.78, 5) is 0. The Morgan fingerprint density at radius 3 is 2.12 bits per heavy atom. The van der Waals surface area contributed by atoms with Crippen LogP contribution in [0.3, 0.4) is 0 Å². The maximum absolute atomic E-state index is 4.19. The molecule has 0 radical (unpaired) electrons. The van der Waals surface area contributed by atoms with E-state index >= 15 is 0 Å². The molecule has 238 valence electrons. The molecule has 0 saturated carbocycles. The highest BCUT2D eigenvalue weighted by Crippen LogP contribution is 2.44. The van der Waals surface area contributed by atoms with Gasteiger partial charge in [-0.05, 0) is 102 Å².